The molecular formula is C26H22FN3O5. The second-order valence-corrected chi connectivity index (χ2v) is 8.57. The lowest BCUT2D eigenvalue weighted by atomic mass is 9.77. The van der Waals surface area contributed by atoms with E-state index in [4.69, 9.17) is 14.2 Å². The second-order valence-electron chi connectivity index (χ2n) is 8.57. The molecule has 1 atom stereocenters. The normalized spacial score (nSPS) is 18.9. The molecule has 0 radical (unpaired) electrons. The average molecular weight is 475 g/mol. The van der Waals surface area contributed by atoms with Crippen LogP contribution in [0.4, 0.5) is 14.9 Å². The number of nitrogens with zero attached hydrogens (tertiary/aromatic N) is 1. The first-order chi connectivity index (χ1) is 17.1. The fourth-order valence-electron chi connectivity index (χ4n) is 4.95. The first-order valence-corrected chi connectivity index (χ1v) is 11.3. The molecule has 3 aliphatic rings. The zero-order valence-electron chi connectivity index (χ0n) is 18.7. The van der Waals surface area contributed by atoms with Gasteiger partial charge in [-0.25, -0.2) is 9.18 Å². The van der Waals surface area contributed by atoms with Crippen molar-refractivity contribution in [3.05, 3.63) is 83.2 Å². The topological polar surface area (TPSA) is 89.1 Å². The summed E-state index contributed by atoms with van der Waals surface area (Å²) >= 11 is 0. The molecule has 6 rings (SSSR count). The molecule has 3 heterocycles. The van der Waals surface area contributed by atoms with Gasteiger partial charge < -0.3 is 29.7 Å². The molecule has 0 saturated heterocycles. The zero-order valence-corrected chi connectivity index (χ0v) is 18.7. The lowest BCUT2D eigenvalue weighted by molar-refractivity contribution is -0.122. The molecule has 178 valence electrons. The lowest BCUT2D eigenvalue weighted by Gasteiger charge is -2.23. The largest absolute Gasteiger partial charge is 0.491 e. The van der Waals surface area contributed by atoms with Gasteiger partial charge in [0.1, 0.15) is 23.6 Å². The van der Waals surface area contributed by atoms with Crippen molar-refractivity contribution in [1.82, 2.24) is 10.6 Å². The van der Waals surface area contributed by atoms with Crippen LogP contribution in [0.5, 0.6) is 17.2 Å². The molecule has 8 nitrogen and oxygen atoms in total. The van der Waals surface area contributed by atoms with Gasteiger partial charge in [-0.3, -0.25) is 4.79 Å². The number of nitrogens with one attached hydrogen (secondary N) is 2. The van der Waals surface area contributed by atoms with Crippen molar-refractivity contribution in [2.45, 2.75) is 12.0 Å². The third-order valence-electron chi connectivity index (χ3n) is 6.66. The van der Waals surface area contributed by atoms with Gasteiger partial charge in [0.2, 0.25) is 12.7 Å². The summed E-state index contributed by atoms with van der Waals surface area (Å²) in [6.45, 7) is 0.858. The van der Waals surface area contributed by atoms with Crippen LogP contribution in [0.3, 0.4) is 0 Å². The quantitative estimate of drug-likeness (QED) is 0.592. The fraction of sp³-hybridized carbons (Fsp3) is 0.231. The van der Waals surface area contributed by atoms with Crippen LogP contribution in [0.1, 0.15) is 16.7 Å². The number of amides is 3. The molecule has 0 aromatic heterocycles. The number of halogens is 1. The van der Waals surface area contributed by atoms with Gasteiger partial charge in [0, 0.05) is 42.5 Å². The van der Waals surface area contributed by atoms with E-state index in [0.29, 0.717) is 22.8 Å². The van der Waals surface area contributed by atoms with Crippen LogP contribution >= 0.6 is 0 Å². The molecule has 9 heteroatoms. The number of carbonyl (C=O) groups excluding carboxylic acids is 2. The summed E-state index contributed by atoms with van der Waals surface area (Å²) in [7, 11) is 0. The summed E-state index contributed by atoms with van der Waals surface area (Å²) < 4.78 is 30.7. The summed E-state index contributed by atoms with van der Waals surface area (Å²) in [5.41, 5.74) is 1.79. The standard InChI is InChI=1S/C26H22FN3O5/c27-19-7-3-1-5-16(19)13-29-25(32)28-9-10-30-20-8-4-2-6-17(20)26(24(30)31)14-33-21-12-23-22(11-18(21)26)34-15-35-23/h1-8,11-12H,9-10,13-15H2,(H2,28,29,32). The first-order valence-electron chi connectivity index (χ1n) is 11.3. The average Bonchev–Trinajstić information content (AvgIpc) is 3.54. The van der Waals surface area contributed by atoms with Crippen LogP contribution in [0, 0.1) is 5.82 Å². The molecule has 2 N–H and O–H groups in total. The molecule has 1 spiro atoms. The number of para-hydroxylation sites is 1. The van der Waals surface area contributed by atoms with E-state index in [-0.39, 0.29) is 44.8 Å². The summed E-state index contributed by atoms with van der Waals surface area (Å²) in [6, 6.07) is 17.0. The smallest absolute Gasteiger partial charge is 0.315 e. The number of rotatable bonds is 5. The van der Waals surface area contributed by atoms with Crippen molar-refractivity contribution in [2.75, 3.05) is 31.4 Å². The van der Waals surface area contributed by atoms with Crippen molar-refractivity contribution in [1.29, 1.82) is 0 Å². The maximum atomic E-state index is 13.9. The fourth-order valence-corrected chi connectivity index (χ4v) is 4.95. The highest BCUT2D eigenvalue weighted by Gasteiger charge is 2.57. The molecule has 0 bridgehead atoms. The van der Waals surface area contributed by atoms with Gasteiger partial charge in [-0.05, 0) is 23.8 Å². The highest BCUT2D eigenvalue weighted by molar-refractivity contribution is 6.11. The van der Waals surface area contributed by atoms with Crippen molar-refractivity contribution in [2.24, 2.45) is 0 Å². The van der Waals surface area contributed by atoms with Crippen molar-refractivity contribution >= 4 is 17.6 Å². The van der Waals surface area contributed by atoms with Gasteiger partial charge in [0.25, 0.3) is 0 Å². The van der Waals surface area contributed by atoms with E-state index in [1.807, 2.05) is 30.3 Å². The van der Waals surface area contributed by atoms with E-state index in [2.05, 4.69) is 10.6 Å². The Labute approximate surface area is 200 Å². The Morgan fingerprint density at radius 3 is 2.57 bits per heavy atom. The summed E-state index contributed by atoms with van der Waals surface area (Å²) in [4.78, 5) is 27.8. The van der Waals surface area contributed by atoms with Crippen molar-refractivity contribution in [3.63, 3.8) is 0 Å². The van der Waals surface area contributed by atoms with Crippen LogP contribution in [0.25, 0.3) is 0 Å². The summed E-state index contributed by atoms with van der Waals surface area (Å²) in [6.07, 6.45) is 0. The minimum atomic E-state index is -0.986. The van der Waals surface area contributed by atoms with Crippen LogP contribution in [-0.2, 0) is 16.8 Å². The Morgan fingerprint density at radius 1 is 0.943 bits per heavy atom. The minimum Gasteiger partial charge on any atom is -0.491 e. The highest BCUT2D eigenvalue weighted by Crippen LogP contribution is 2.54. The Morgan fingerprint density at radius 2 is 1.71 bits per heavy atom. The molecule has 0 fully saturated rings. The third-order valence-corrected chi connectivity index (χ3v) is 6.66. The van der Waals surface area contributed by atoms with Gasteiger partial charge in [-0.1, -0.05) is 36.4 Å². The van der Waals surface area contributed by atoms with Gasteiger partial charge in [-0.15, -0.1) is 0 Å². The summed E-state index contributed by atoms with van der Waals surface area (Å²) in [5.74, 6) is 1.29. The molecule has 0 saturated carbocycles. The second kappa shape index (κ2) is 8.19. The highest BCUT2D eigenvalue weighted by atomic mass is 19.1. The molecule has 1 unspecified atom stereocenters. The molecule has 35 heavy (non-hydrogen) atoms. The lowest BCUT2D eigenvalue weighted by Crippen LogP contribution is -2.46. The number of urea groups is 1. The molecule has 0 aliphatic carbocycles. The van der Waals surface area contributed by atoms with E-state index < -0.39 is 11.4 Å². The molecule has 3 aromatic carbocycles. The Bertz CT molecular complexity index is 1350. The molecule has 3 aliphatic heterocycles. The van der Waals surface area contributed by atoms with Crippen molar-refractivity contribution < 1.29 is 28.2 Å². The molecular weight excluding hydrogens is 453 g/mol. The monoisotopic (exact) mass is 475 g/mol. The van der Waals surface area contributed by atoms with Crippen LogP contribution in [0.2, 0.25) is 0 Å². The number of hydrogen-bond donors (Lipinski definition) is 2. The SMILES string of the molecule is O=C(NCCN1C(=O)C2(COc3cc4c(cc32)OCO4)c2ccccc21)NCc1ccccc1F. The van der Waals surface area contributed by atoms with E-state index in [9.17, 15) is 14.0 Å². The van der Waals surface area contributed by atoms with Gasteiger partial charge in [0.15, 0.2) is 11.5 Å². The number of benzene rings is 3. The number of hydrogen-bond acceptors (Lipinski definition) is 5. The third kappa shape index (κ3) is 3.34. The van der Waals surface area contributed by atoms with Crippen molar-refractivity contribution in [3.8, 4) is 17.2 Å². The minimum absolute atomic E-state index is 0.0668. The van der Waals surface area contributed by atoms with E-state index in [1.54, 1.807) is 29.2 Å². The summed E-state index contributed by atoms with van der Waals surface area (Å²) in [5, 5.41) is 5.39. The van der Waals surface area contributed by atoms with Crippen LogP contribution in [-0.4, -0.2) is 38.4 Å². The number of fused-ring (bicyclic) bond motifs is 5. The van der Waals surface area contributed by atoms with Crippen LogP contribution in [0.15, 0.2) is 60.7 Å². The zero-order chi connectivity index (χ0) is 24.0. The van der Waals surface area contributed by atoms with Gasteiger partial charge in [0.05, 0.1) is 0 Å². The number of anilines is 1. The number of carbonyl (C=O) groups is 2. The molecule has 3 aromatic rings. The molecule has 3 amide bonds. The predicted molar refractivity (Wildman–Crippen MR) is 124 cm³/mol. The Kier molecular flexibility index (Phi) is 4.98. The van der Waals surface area contributed by atoms with Gasteiger partial charge >= 0.3 is 6.03 Å². The van der Waals surface area contributed by atoms with E-state index >= 15 is 0 Å². The first kappa shape index (κ1) is 21.3. The van der Waals surface area contributed by atoms with Crippen LogP contribution < -0.4 is 29.7 Å². The van der Waals surface area contributed by atoms with Gasteiger partial charge in [-0.2, -0.15) is 0 Å². The van der Waals surface area contributed by atoms with E-state index in [1.165, 1.54) is 6.07 Å². The Hall–Kier alpha value is -4.27. The van der Waals surface area contributed by atoms with E-state index in [0.717, 1.165) is 16.8 Å². The number of ether oxygens (including phenoxy) is 3. The Balaban J connectivity index is 1.19. The maximum Gasteiger partial charge on any atom is 0.315 e. The maximum absolute atomic E-state index is 13.9. The predicted octanol–water partition coefficient (Wildman–Crippen LogP) is 3.08.